The van der Waals surface area contributed by atoms with Gasteiger partial charge >= 0.3 is 0 Å². The number of rotatable bonds is 8. The van der Waals surface area contributed by atoms with Gasteiger partial charge in [-0.15, -0.1) is 0 Å². The van der Waals surface area contributed by atoms with Gasteiger partial charge in [0, 0.05) is 31.7 Å². The van der Waals surface area contributed by atoms with Crippen molar-refractivity contribution >= 4 is 15.7 Å². The second-order valence-corrected chi connectivity index (χ2v) is 10.5. The van der Waals surface area contributed by atoms with Gasteiger partial charge in [-0.3, -0.25) is 9.21 Å². The molecule has 180 valence electrons. The topological polar surface area (TPSA) is 59.1 Å². The van der Waals surface area contributed by atoms with E-state index < -0.39 is 10.0 Å². The predicted molar refractivity (Wildman–Crippen MR) is 135 cm³/mol. The van der Waals surface area contributed by atoms with Crippen molar-refractivity contribution in [2.24, 2.45) is 0 Å². The monoisotopic (exact) mass is 480 g/mol. The van der Waals surface area contributed by atoms with Crippen LogP contribution in [-0.2, 0) is 16.6 Å². The van der Waals surface area contributed by atoms with Crippen LogP contribution < -0.4 is 13.8 Å². The molecule has 6 nitrogen and oxygen atoms in total. The Labute approximate surface area is 202 Å². The number of hydrogen-bond acceptors (Lipinski definition) is 5. The van der Waals surface area contributed by atoms with Gasteiger partial charge in [0.1, 0.15) is 11.5 Å². The van der Waals surface area contributed by atoms with Crippen LogP contribution in [0, 0.1) is 6.92 Å². The van der Waals surface area contributed by atoms with Crippen molar-refractivity contribution in [1.82, 2.24) is 4.90 Å². The highest BCUT2D eigenvalue weighted by Gasteiger charge is 2.34. The van der Waals surface area contributed by atoms with Crippen LogP contribution in [0.4, 0.5) is 5.69 Å². The largest absolute Gasteiger partial charge is 0.497 e. The third kappa shape index (κ3) is 5.37. The van der Waals surface area contributed by atoms with Gasteiger partial charge in [0.15, 0.2) is 0 Å². The minimum atomic E-state index is -3.68. The highest BCUT2D eigenvalue weighted by molar-refractivity contribution is 7.92. The third-order valence-electron chi connectivity index (χ3n) is 6.29. The lowest BCUT2D eigenvalue weighted by atomic mass is 10.0. The molecule has 0 unspecified atom stereocenters. The molecular weight excluding hydrogens is 448 g/mol. The minimum Gasteiger partial charge on any atom is -0.497 e. The van der Waals surface area contributed by atoms with E-state index in [0.717, 1.165) is 55.1 Å². The van der Waals surface area contributed by atoms with E-state index in [1.54, 1.807) is 30.7 Å². The van der Waals surface area contributed by atoms with E-state index in [1.165, 1.54) is 0 Å². The molecule has 0 atom stereocenters. The summed E-state index contributed by atoms with van der Waals surface area (Å²) in [5.41, 5.74) is 2.86. The highest BCUT2D eigenvalue weighted by atomic mass is 32.2. The van der Waals surface area contributed by atoms with Gasteiger partial charge in [0.2, 0.25) is 0 Å². The molecule has 3 aromatic rings. The number of methoxy groups -OCH3 is 2. The third-order valence-corrected chi connectivity index (χ3v) is 8.19. The maximum atomic E-state index is 13.7. The number of nitrogens with zero attached hydrogens (tertiary/aromatic N) is 2. The Bertz CT molecular complexity index is 1170. The first-order chi connectivity index (χ1) is 16.4. The maximum Gasteiger partial charge on any atom is 0.264 e. The van der Waals surface area contributed by atoms with Gasteiger partial charge in [-0.25, -0.2) is 8.42 Å². The zero-order valence-corrected chi connectivity index (χ0v) is 20.8. The van der Waals surface area contributed by atoms with Crippen LogP contribution in [0.5, 0.6) is 11.5 Å². The van der Waals surface area contributed by atoms with Crippen LogP contribution in [0.2, 0.25) is 0 Å². The molecule has 0 N–H and O–H groups in total. The summed E-state index contributed by atoms with van der Waals surface area (Å²) in [6, 6.07) is 22.3. The Morgan fingerprint density at radius 2 is 1.47 bits per heavy atom. The molecule has 0 aromatic heterocycles. The second-order valence-electron chi connectivity index (χ2n) is 8.68. The van der Waals surface area contributed by atoms with Crippen molar-refractivity contribution in [2.75, 3.05) is 31.6 Å². The first kappa shape index (κ1) is 24.1. The molecule has 1 fully saturated rings. The number of benzene rings is 3. The fourth-order valence-electron chi connectivity index (χ4n) is 4.47. The number of sulfonamides is 1. The average molecular weight is 481 g/mol. The summed E-state index contributed by atoms with van der Waals surface area (Å²) in [4.78, 5) is 2.68. The number of anilines is 1. The maximum absolute atomic E-state index is 13.7. The standard InChI is InChI=1S/C27H32N2O4S/c1-21-9-11-27(12-10-21)34(30,31)29(23-7-5-4-6-8-23)24-13-15-28(16-14-24)20-22-17-25(32-2)19-26(18-22)33-3/h4-12,17-19,24H,13-16,20H2,1-3H3. The zero-order valence-electron chi connectivity index (χ0n) is 20.0. The van der Waals surface area contributed by atoms with E-state index in [0.29, 0.717) is 10.6 Å². The molecule has 0 aliphatic carbocycles. The van der Waals surface area contributed by atoms with E-state index >= 15 is 0 Å². The van der Waals surface area contributed by atoms with Gasteiger partial charge in [-0.1, -0.05) is 35.9 Å². The molecule has 0 spiro atoms. The zero-order chi connectivity index (χ0) is 24.1. The highest BCUT2D eigenvalue weighted by Crippen LogP contribution is 2.31. The Kier molecular flexibility index (Phi) is 7.44. The summed E-state index contributed by atoms with van der Waals surface area (Å²) in [5, 5.41) is 0. The number of aryl methyl sites for hydroxylation is 1. The SMILES string of the molecule is COc1cc(CN2CCC(N(c3ccccc3)S(=O)(=O)c3ccc(C)cc3)CC2)cc(OC)c1. The van der Waals surface area contributed by atoms with Crippen molar-refractivity contribution in [3.63, 3.8) is 0 Å². The fourth-order valence-corrected chi connectivity index (χ4v) is 6.18. The lowest BCUT2D eigenvalue weighted by Crippen LogP contribution is -2.47. The number of likely N-dealkylation sites (tertiary alicyclic amines) is 1. The number of ether oxygens (including phenoxy) is 2. The average Bonchev–Trinajstić information content (AvgIpc) is 2.86. The van der Waals surface area contributed by atoms with Crippen molar-refractivity contribution in [2.45, 2.75) is 37.2 Å². The lowest BCUT2D eigenvalue weighted by Gasteiger charge is -2.39. The van der Waals surface area contributed by atoms with Gasteiger partial charge in [0.05, 0.1) is 24.8 Å². The second kappa shape index (κ2) is 10.5. The summed E-state index contributed by atoms with van der Waals surface area (Å²) in [6.45, 7) is 4.32. The van der Waals surface area contributed by atoms with E-state index in [9.17, 15) is 8.42 Å². The molecule has 34 heavy (non-hydrogen) atoms. The predicted octanol–water partition coefficient (Wildman–Crippen LogP) is 4.87. The van der Waals surface area contributed by atoms with E-state index in [1.807, 2.05) is 67.6 Å². The Morgan fingerprint density at radius 3 is 2.03 bits per heavy atom. The van der Waals surface area contributed by atoms with Crippen molar-refractivity contribution in [3.05, 3.63) is 83.9 Å². The molecule has 0 saturated carbocycles. The number of para-hydroxylation sites is 1. The van der Waals surface area contributed by atoms with Crippen LogP contribution in [0.3, 0.4) is 0 Å². The van der Waals surface area contributed by atoms with Gasteiger partial charge < -0.3 is 9.47 Å². The molecule has 0 amide bonds. The molecule has 7 heteroatoms. The normalized spacial score (nSPS) is 15.1. The smallest absolute Gasteiger partial charge is 0.264 e. The Hall–Kier alpha value is -3.03. The summed E-state index contributed by atoms with van der Waals surface area (Å²) in [5.74, 6) is 1.53. The quantitative estimate of drug-likeness (QED) is 0.460. The first-order valence-corrected chi connectivity index (χ1v) is 12.9. The molecule has 1 aliphatic rings. The van der Waals surface area contributed by atoms with E-state index in [2.05, 4.69) is 4.90 Å². The van der Waals surface area contributed by atoms with Crippen LogP contribution >= 0.6 is 0 Å². The minimum absolute atomic E-state index is 0.107. The van der Waals surface area contributed by atoms with Crippen LogP contribution in [0.15, 0.2) is 77.7 Å². The van der Waals surface area contributed by atoms with Crippen LogP contribution in [0.1, 0.15) is 24.0 Å². The van der Waals surface area contributed by atoms with Crippen LogP contribution in [0.25, 0.3) is 0 Å². The van der Waals surface area contributed by atoms with Crippen molar-refractivity contribution in [1.29, 1.82) is 0 Å². The molecule has 1 saturated heterocycles. The first-order valence-electron chi connectivity index (χ1n) is 11.5. The van der Waals surface area contributed by atoms with E-state index in [4.69, 9.17) is 9.47 Å². The fraction of sp³-hybridized carbons (Fsp3) is 0.333. The molecule has 0 bridgehead atoms. The van der Waals surface area contributed by atoms with Crippen molar-refractivity contribution in [3.8, 4) is 11.5 Å². The van der Waals surface area contributed by atoms with E-state index in [-0.39, 0.29) is 6.04 Å². The Balaban J connectivity index is 1.53. The van der Waals surface area contributed by atoms with Crippen molar-refractivity contribution < 1.29 is 17.9 Å². The molecule has 1 heterocycles. The summed E-state index contributed by atoms with van der Waals surface area (Å²) < 4.78 is 39.9. The molecule has 0 radical (unpaired) electrons. The summed E-state index contributed by atoms with van der Waals surface area (Å²) >= 11 is 0. The molecule has 3 aromatic carbocycles. The summed E-state index contributed by atoms with van der Waals surface area (Å²) in [7, 11) is -0.384. The van der Waals surface area contributed by atoms with Gasteiger partial charge in [-0.05, 0) is 61.7 Å². The molecule has 1 aliphatic heterocycles. The molecule has 4 rings (SSSR count). The Morgan fingerprint density at radius 1 is 0.882 bits per heavy atom. The number of hydrogen-bond donors (Lipinski definition) is 0. The van der Waals surface area contributed by atoms with Gasteiger partial charge in [0.25, 0.3) is 10.0 Å². The lowest BCUT2D eigenvalue weighted by molar-refractivity contribution is 0.206. The molecular formula is C27H32N2O4S. The van der Waals surface area contributed by atoms with Gasteiger partial charge in [-0.2, -0.15) is 0 Å². The number of piperidine rings is 1. The van der Waals surface area contributed by atoms with Crippen LogP contribution in [-0.4, -0.2) is 46.7 Å². The summed E-state index contributed by atoms with van der Waals surface area (Å²) in [6.07, 6.45) is 1.50.